The van der Waals surface area contributed by atoms with Gasteiger partial charge in [-0.2, -0.15) is 0 Å². The Morgan fingerprint density at radius 1 is 0.966 bits per heavy atom. The van der Waals surface area contributed by atoms with Gasteiger partial charge in [-0.15, -0.1) is 11.3 Å². The van der Waals surface area contributed by atoms with Crippen LogP contribution in [0.2, 0.25) is 0 Å². The summed E-state index contributed by atoms with van der Waals surface area (Å²) >= 11 is 1.63. The number of thiazole rings is 1. The first-order valence-corrected chi connectivity index (χ1v) is 9.90. The van der Waals surface area contributed by atoms with E-state index in [1.54, 1.807) is 43.8 Å². The van der Waals surface area contributed by atoms with Gasteiger partial charge in [-0.05, 0) is 48.9 Å². The number of amides is 1. The van der Waals surface area contributed by atoms with Crippen molar-refractivity contribution in [2.24, 2.45) is 0 Å². The number of benzene rings is 3. The fourth-order valence-corrected chi connectivity index (χ4v) is 4.02. The molecular formula is C23H20N2O3S. The molecule has 3 aromatic carbocycles. The second-order valence-corrected chi connectivity index (χ2v) is 7.57. The van der Waals surface area contributed by atoms with Crippen LogP contribution in [-0.2, 0) is 0 Å². The highest BCUT2D eigenvalue weighted by Crippen LogP contribution is 2.33. The molecule has 4 rings (SSSR count). The number of ether oxygens (including phenoxy) is 2. The number of carbonyl (C=O) groups excluding carboxylic acids is 1. The highest BCUT2D eigenvalue weighted by Gasteiger charge is 2.13. The first-order valence-electron chi connectivity index (χ1n) is 9.09. The highest BCUT2D eigenvalue weighted by atomic mass is 32.1. The third-order valence-electron chi connectivity index (χ3n) is 4.67. The number of anilines is 1. The monoisotopic (exact) mass is 404 g/mol. The van der Waals surface area contributed by atoms with Crippen molar-refractivity contribution in [2.75, 3.05) is 19.5 Å². The molecule has 0 fully saturated rings. The molecule has 0 atom stereocenters. The molecule has 1 aromatic heterocycles. The van der Waals surface area contributed by atoms with Crippen LogP contribution in [-0.4, -0.2) is 25.1 Å². The molecule has 1 heterocycles. The molecule has 29 heavy (non-hydrogen) atoms. The second-order valence-electron chi connectivity index (χ2n) is 6.54. The average molecular weight is 404 g/mol. The lowest BCUT2D eigenvalue weighted by atomic mass is 10.1. The average Bonchev–Trinajstić information content (AvgIpc) is 3.19. The number of methoxy groups -OCH3 is 2. The van der Waals surface area contributed by atoms with E-state index >= 15 is 0 Å². The standard InChI is InChI=1S/C23H20N2O3S/c1-14-8-9-16(23-25-17-6-4-5-7-21(17)29-23)12-18(14)24-22(26)15-10-11-19(27-2)20(13-15)28-3/h4-13H,1-3H3,(H,24,26). The van der Waals surface area contributed by atoms with Crippen LogP contribution in [0.25, 0.3) is 20.8 Å². The van der Waals surface area contributed by atoms with Crippen molar-refractivity contribution in [1.82, 2.24) is 4.98 Å². The maximum atomic E-state index is 12.8. The molecule has 146 valence electrons. The summed E-state index contributed by atoms with van der Waals surface area (Å²) in [6, 6.07) is 19.1. The summed E-state index contributed by atoms with van der Waals surface area (Å²) in [5, 5.41) is 3.92. The lowest BCUT2D eigenvalue weighted by Crippen LogP contribution is -2.13. The number of hydrogen-bond donors (Lipinski definition) is 1. The Morgan fingerprint density at radius 3 is 2.52 bits per heavy atom. The fraction of sp³-hybridized carbons (Fsp3) is 0.130. The summed E-state index contributed by atoms with van der Waals surface area (Å²) in [4.78, 5) is 17.5. The molecular weight excluding hydrogens is 384 g/mol. The van der Waals surface area contributed by atoms with Crippen LogP contribution in [0.4, 0.5) is 5.69 Å². The number of para-hydroxylation sites is 1. The predicted octanol–water partition coefficient (Wildman–Crippen LogP) is 5.54. The molecule has 0 aliphatic rings. The van der Waals surface area contributed by atoms with Crippen molar-refractivity contribution in [3.05, 3.63) is 71.8 Å². The van der Waals surface area contributed by atoms with E-state index in [0.717, 1.165) is 32.0 Å². The molecule has 0 spiro atoms. The Labute approximate surface area is 172 Å². The molecule has 0 bridgehead atoms. The summed E-state index contributed by atoms with van der Waals surface area (Å²) in [5.74, 6) is 0.883. The molecule has 6 heteroatoms. The summed E-state index contributed by atoms with van der Waals surface area (Å²) < 4.78 is 11.7. The largest absolute Gasteiger partial charge is 0.493 e. The third-order valence-corrected chi connectivity index (χ3v) is 5.76. The minimum absolute atomic E-state index is 0.212. The van der Waals surface area contributed by atoms with Crippen LogP contribution in [0.5, 0.6) is 11.5 Å². The van der Waals surface area contributed by atoms with Gasteiger partial charge in [-0.1, -0.05) is 24.3 Å². The van der Waals surface area contributed by atoms with Crippen molar-refractivity contribution in [2.45, 2.75) is 6.92 Å². The van der Waals surface area contributed by atoms with Crippen LogP contribution in [0, 0.1) is 6.92 Å². The number of carbonyl (C=O) groups is 1. The van der Waals surface area contributed by atoms with E-state index in [1.807, 2.05) is 43.3 Å². The summed E-state index contributed by atoms with van der Waals surface area (Å²) in [7, 11) is 3.11. The highest BCUT2D eigenvalue weighted by molar-refractivity contribution is 7.21. The molecule has 0 radical (unpaired) electrons. The third kappa shape index (κ3) is 3.79. The molecule has 0 saturated heterocycles. The molecule has 0 unspecified atom stereocenters. The number of aryl methyl sites for hydroxylation is 1. The van der Waals surface area contributed by atoms with Gasteiger partial charge in [0.2, 0.25) is 0 Å². The number of aromatic nitrogens is 1. The zero-order valence-electron chi connectivity index (χ0n) is 16.4. The van der Waals surface area contributed by atoms with Crippen molar-refractivity contribution < 1.29 is 14.3 Å². The number of fused-ring (bicyclic) bond motifs is 1. The van der Waals surface area contributed by atoms with Crippen molar-refractivity contribution in [3.63, 3.8) is 0 Å². The molecule has 0 saturated carbocycles. The number of nitrogens with zero attached hydrogens (tertiary/aromatic N) is 1. The molecule has 0 aliphatic carbocycles. The van der Waals surface area contributed by atoms with Gasteiger partial charge in [0, 0.05) is 16.8 Å². The lowest BCUT2D eigenvalue weighted by molar-refractivity contribution is 0.102. The molecule has 0 aliphatic heterocycles. The second kappa shape index (κ2) is 7.93. The smallest absolute Gasteiger partial charge is 0.255 e. The number of hydrogen-bond acceptors (Lipinski definition) is 5. The van der Waals surface area contributed by atoms with Gasteiger partial charge in [0.1, 0.15) is 5.01 Å². The van der Waals surface area contributed by atoms with E-state index < -0.39 is 0 Å². The van der Waals surface area contributed by atoms with Crippen molar-refractivity contribution >= 4 is 33.1 Å². The van der Waals surface area contributed by atoms with E-state index in [0.29, 0.717) is 17.1 Å². The first-order chi connectivity index (χ1) is 14.1. The Kier molecular flexibility index (Phi) is 5.18. The Hall–Kier alpha value is -3.38. The Balaban J connectivity index is 1.63. The van der Waals surface area contributed by atoms with Gasteiger partial charge in [0.05, 0.1) is 24.4 Å². The quantitative estimate of drug-likeness (QED) is 0.474. The van der Waals surface area contributed by atoms with Crippen LogP contribution >= 0.6 is 11.3 Å². The van der Waals surface area contributed by atoms with Gasteiger partial charge >= 0.3 is 0 Å². The SMILES string of the molecule is COc1ccc(C(=O)Nc2cc(-c3nc4ccccc4s3)ccc2C)cc1OC. The van der Waals surface area contributed by atoms with E-state index in [-0.39, 0.29) is 5.91 Å². The zero-order valence-corrected chi connectivity index (χ0v) is 17.2. The predicted molar refractivity (Wildman–Crippen MR) is 117 cm³/mol. The Bertz CT molecular complexity index is 1170. The fourth-order valence-electron chi connectivity index (χ4n) is 3.06. The van der Waals surface area contributed by atoms with E-state index in [4.69, 9.17) is 14.5 Å². The first kappa shape index (κ1) is 19.0. The Morgan fingerprint density at radius 2 is 1.76 bits per heavy atom. The van der Waals surface area contributed by atoms with E-state index in [2.05, 4.69) is 11.4 Å². The molecule has 1 N–H and O–H groups in total. The van der Waals surface area contributed by atoms with Crippen LogP contribution in [0.15, 0.2) is 60.7 Å². The van der Waals surface area contributed by atoms with Gasteiger partial charge in [0.15, 0.2) is 11.5 Å². The summed E-state index contributed by atoms with van der Waals surface area (Å²) in [6.45, 7) is 1.96. The molecule has 4 aromatic rings. The molecule has 5 nitrogen and oxygen atoms in total. The number of rotatable bonds is 5. The van der Waals surface area contributed by atoms with E-state index in [1.165, 1.54) is 0 Å². The van der Waals surface area contributed by atoms with Crippen molar-refractivity contribution in [1.29, 1.82) is 0 Å². The summed E-state index contributed by atoms with van der Waals surface area (Å²) in [6.07, 6.45) is 0. The minimum atomic E-state index is -0.212. The normalized spacial score (nSPS) is 10.7. The van der Waals surface area contributed by atoms with Gasteiger partial charge < -0.3 is 14.8 Å². The van der Waals surface area contributed by atoms with Crippen LogP contribution in [0.3, 0.4) is 0 Å². The summed E-state index contributed by atoms with van der Waals surface area (Å²) in [5.41, 5.74) is 4.17. The van der Waals surface area contributed by atoms with Gasteiger partial charge in [-0.25, -0.2) is 4.98 Å². The van der Waals surface area contributed by atoms with Gasteiger partial charge in [0.25, 0.3) is 5.91 Å². The number of nitrogens with one attached hydrogen (secondary N) is 1. The maximum Gasteiger partial charge on any atom is 0.255 e. The maximum absolute atomic E-state index is 12.8. The lowest BCUT2D eigenvalue weighted by Gasteiger charge is -2.12. The zero-order chi connectivity index (χ0) is 20.4. The van der Waals surface area contributed by atoms with E-state index in [9.17, 15) is 4.79 Å². The van der Waals surface area contributed by atoms with Crippen LogP contribution in [0.1, 0.15) is 15.9 Å². The minimum Gasteiger partial charge on any atom is -0.493 e. The molecule has 1 amide bonds. The van der Waals surface area contributed by atoms with Gasteiger partial charge in [-0.3, -0.25) is 4.79 Å². The van der Waals surface area contributed by atoms with Crippen LogP contribution < -0.4 is 14.8 Å². The topological polar surface area (TPSA) is 60.5 Å². The van der Waals surface area contributed by atoms with Crippen molar-refractivity contribution in [3.8, 4) is 22.1 Å².